The van der Waals surface area contributed by atoms with Crippen LogP contribution >= 0.6 is 11.8 Å². The Morgan fingerprint density at radius 3 is 2.38 bits per heavy atom. The van der Waals surface area contributed by atoms with E-state index in [9.17, 15) is 13.2 Å². The van der Waals surface area contributed by atoms with Gasteiger partial charge in [0.15, 0.2) is 5.16 Å². The van der Waals surface area contributed by atoms with Crippen LogP contribution < -0.4 is 0 Å². The molecule has 1 aromatic rings. The molecule has 1 atom stereocenters. The highest BCUT2D eigenvalue weighted by molar-refractivity contribution is 8.00. The van der Waals surface area contributed by atoms with Crippen LogP contribution in [0.4, 0.5) is 0 Å². The van der Waals surface area contributed by atoms with Gasteiger partial charge in [-0.2, -0.15) is 0 Å². The monoisotopic (exact) mass is 372 g/mol. The number of sulfonamides is 1. The van der Waals surface area contributed by atoms with Crippen LogP contribution in [0.25, 0.3) is 0 Å². The average molecular weight is 373 g/mol. The zero-order valence-corrected chi connectivity index (χ0v) is 16.2. The third kappa shape index (κ3) is 5.15. The van der Waals surface area contributed by atoms with Crippen molar-refractivity contribution in [3.05, 3.63) is 17.5 Å². The van der Waals surface area contributed by atoms with Crippen LogP contribution in [-0.4, -0.2) is 71.2 Å². The third-order valence-corrected chi connectivity index (χ3v) is 6.08. The Balaban J connectivity index is 2.00. The van der Waals surface area contributed by atoms with Crippen LogP contribution in [0, 0.1) is 13.8 Å². The summed E-state index contributed by atoms with van der Waals surface area (Å²) in [6, 6.07) is 1.89. The molecule has 0 radical (unpaired) electrons. The van der Waals surface area contributed by atoms with Crippen molar-refractivity contribution >= 4 is 27.7 Å². The molecule has 1 aliphatic heterocycles. The van der Waals surface area contributed by atoms with E-state index < -0.39 is 10.0 Å². The van der Waals surface area contributed by atoms with Gasteiger partial charge in [-0.3, -0.25) is 4.79 Å². The minimum absolute atomic E-state index is 0.00175. The minimum Gasteiger partial charge on any atom is -0.340 e. The van der Waals surface area contributed by atoms with E-state index in [1.54, 1.807) is 4.90 Å². The maximum atomic E-state index is 12.7. The maximum Gasteiger partial charge on any atom is 0.235 e. The normalized spacial score (nSPS) is 18.2. The standard InChI is InChI=1S/C15H24N4O3S2/c1-11-10-12(2)17-15(16-11)23-13(3)14(20)18-6-5-7-19(9-8-18)24(4,21)22/h10,13H,5-9H2,1-4H3. The number of aromatic nitrogens is 2. The van der Waals surface area contributed by atoms with Crippen molar-refractivity contribution in [3.63, 3.8) is 0 Å². The Kier molecular flexibility index (Phi) is 6.22. The summed E-state index contributed by atoms with van der Waals surface area (Å²) < 4.78 is 24.7. The van der Waals surface area contributed by atoms with E-state index in [-0.39, 0.29) is 11.2 Å². The topological polar surface area (TPSA) is 83.5 Å². The molecule has 0 aliphatic carbocycles. The van der Waals surface area contributed by atoms with Gasteiger partial charge in [0.2, 0.25) is 15.9 Å². The summed E-state index contributed by atoms with van der Waals surface area (Å²) >= 11 is 1.34. The Labute approximate surface area is 147 Å². The van der Waals surface area contributed by atoms with Crippen LogP contribution in [0.1, 0.15) is 24.7 Å². The SMILES string of the molecule is Cc1cc(C)nc(SC(C)C(=O)N2CCCN(S(C)(=O)=O)CC2)n1. The van der Waals surface area contributed by atoms with Gasteiger partial charge >= 0.3 is 0 Å². The van der Waals surface area contributed by atoms with Gasteiger partial charge in [-0.05, 0) is 33.3 Å². The highest BCUT2D eigenvalue weighted by Gasteiger charge is 2.27. The first kappa shape index (κ1) is 19.1. The van der Waals surface area contributed by atoms with Crippen LogP contribution in [0.3, 0.4) is 0 Å². The number of carbonyl (C=O) groups excluding carboxylic acids is 1. The zero-order chi connectivity index (χ0) is 17.9. The second-order valence-electron chi connectivity index (χ2n) is 6.03. The van der Waals surface area contributed by atoms with Crippen molar-refractivity contribution in [1.82, 2.24) is 19.2 Å². The van der Waals surface area contributed by atoms with Gasteiger partial charge in [0.1, 0.15) is 0 Å². The highest BCUT2D eigenvalue weighted by atomic mass is 32.2. The van der Waals surface area contributed by atoms with E-state index in [0.29, 0.717) is 37.8 Å². The van der Waals surface area contributed by atoms with Crippen molar-refractivity contribution in [3.8, 4) is 0 Å². The second kappa shape index (κ2) is 7.79. The fourth-order valence-electron chi connectivity index (χ4n) is 2.66. The second-order valence-corrected chi connectivity index (χ2v) is 9.32. The van der Waals surface area contributed by atoms with Gasteiger partial charge in [-0.25, -0.2) is 22.7 Å². The van der Waals surface area contributed by atoms with E-state index in [1.165, 1.54) is 22.3 Å². The molecule has 7 nitrogen and oxygen atoms in total. The first-order valence-electron chi connectivity index (χ1n) is 7.89. The Bertz CT molecular complexity index is 688. The molecular formula is C15H24N4O3S2. The number of hydrogen-bond acceptors (Lipinski definition) is 6. The lowest BCUT2D eigenvalue weighted by atomic mass is 10.3. The number of rotatable bonds is 4. The summed E-state index contributed by atoms with van der Waals surface area (Å²) in [6.07, 6.45) is 1.86. The van der Waals surface area contributed by atoms with E-state index >= 15 is 0 Å². The van der Waals surface area contributed by atoms with E-state index in [1.807, 2.05) is 26.8 Å². The molecule has 0 N–H and O–H groups in total. The van der Waals surface area contributed by atoms with Gasteiger partial charge in [-0.15, -0.1) is 0 Å². The molecule has 1 saturated heterocycles. The number of nitrogens with zero attached hydrogens (tertiary/aromatic N) is 4. The molecule has 0 saturated carbocycles. The molecule has 0 spiro atoms. The number of thioether (sulfide) groups is 1. The molecule has 1 fully saturated rings. The number of aryl methyl sites for hydroxylation is 2. The molecule has 134 valence electrons. The Morgan fingerprint density at radius 2 is 1.79 bits per heavy atom. The van der Waals surface area contributed by atoms with Crippen LogP contribution in [0.2, 0.25) is 0 Å². The number of carbonyl (C=O) groups is 1. The van der Waals surface area contributed by atoms with Crippen molar-refractivity contribution in [1.29, 1.82) is 0 Å². The van der Waals surface area contributed by atoms with E-state index in [4.69, 9.17) is 0 Å². The fourth-order valence-corrected chi connectivity index (χ4v) is 4.49. The predicted molar refractivity (Wildman–Crippen MR) is 94.4 cm³/mol. The van der Waals surface area contributed by atoms with Crippen LogP contribution in [0.15, 0.2) is 11.2 Å². The van der Waals surface area contributed by atoms with Gasteiger partial charge in [0, 0.05) is 37.6 Å². The van der Waals surface area contributed by atoms with Gasteiger partial charge in [-0.1, -0.05) is 11.8 Å². The lowest BCUT2D eigenvalue weighted by Crippen LogP contribution is -2.40. The quantitative estimate of drug-likeness (QED) is 0.581. The summed E-state index contributed by atoms with van der Waals surface area (Å²) in [5.41, 5.74) is 1.76. The van der Waals surface area contributed by atoms with Crippen LogP contribution in [-0.2, 0) is 14.8 Å². The van der Waals surface area contributed by atoms with Gasteiger partial charge < -0.3 is 4.90 Å². The number of amides is 1. The average Bonchev–Trinajstić information content (AvgIpc) is 2.70. The lowest BCUT2D eigenvalue weighted by Gasteiger charge is -2.23. The third-order valence-electron chi connectivity index (χ3n) is 3.83. The van der Waals surface area contributed by atoms with Crippen molar-refractivity contribution in [2.45, 2.75) is 37.6 Å². The van der Waals surface area contributed by atoms with E-state index in [2.05, 4.69) is 9.97 Å². The largest absolute Gasteiger partial charge is 0.340 e. The summed E-state index contributed by atoms with van der Waals surface area (Å²) in [5.74, 6) is -0.00175. The predicted octanol–water partition coefficient (Wildman–Crippen LogP) is 1.07. The summed E-state index contributed by atoms with van der Waals surface area (Å²) in [4.78, 5) is 23.1. The summed E-state index contributed by atoms with van der Waals surface area (Å²) in [7, 11) is -3.21. The molecule has 1 aromatic heterocycles. The molecule has 9 heteroatoms. The van der Waals surface area contributed by atoms with Crippen molar-refractivity contribution in [2.75, 3.05) is 32.4 Å². The van der Waals surface area contributed by atoms with E-state index in [0.717, 1.165) is 11.4 Å². The fraction of sp³-hybridized carbons (Fsp3) is 0.667. The molecular weight excluding hydrogens is 348 g/mol. The molecule has 0 bridgehead atoms. The van der Waals surface area contributed by atoms with Crippen molar-refractivity contribution < 1.29 is 13.2 Å². The van der Waals surface area contributed by atoms with Gasteiger partial charge in [0.05, 0.1) is 11.5 Å². The highest BCUT2D eigenvalue weighted by Crippen LogP contribution is 2.22. The summed E-state index contributed by atoms with van der Waals surface area (Å²) in [6.45, 7) is 7.45. The molecule has 2 heterocycles. The molecule has 0 aromatic carbocycles. The molecule has 1 amide bonds. The lowest BCUT2D eigenvalue weighted by molar-refractivity contribution is -0.130. The Hall–Kier alpha value is -1.19. The minimum atomic E-state index is -3.21. The zero-order valence-electron chi connectivity index (χ0n) is 14.5. The number of hydrogen-bond donors (Lipinski definition) is 0. The van der Waals surface area contributed by atoms with Crippen molar-refractivity contribution in [2.24, 2.45) is 0 Å². The summed E-state index contributed by atoms with van der Waals surface area (Å²) in [5, 5.41) is 0.289. The first-order chi connectivity index (χ1) is 11.2. The molecule has 1 aliphatic rings. The first-order valence-corrected chi connectivity index (χ1v) is 10.6. The smallest absolute Gasteiger partial charge is 0.235 e. The molecule has 2 rings (SSSR count). The molecule has 24 heavy (non-hydrogen) atoms. The Morgan fingerprint density at radius 1 is 1.17 bits per heavy atom. The maximum absolute atomic E-state index is 12.7. The van der Waals surface area contributed by atoms with Gasteiger partial charge in [0.25, 0.3) is 0 Å². The van der Waals surface area contributed by atoms with Crippen LogP contribution in [0.5, 0.6) is 0 Å². The molecule has 1 unspecified atom stereocenters.